The van der Waals surface area contributed by atoms with Crippen LogP contribution >= 0.6 is 11.6 Å². The van der Waals surface area contributed by atoms with Crippen LogP contribution in [0.15, 0.2) is 24.3 Å². The average molecular weight is 555 g/mol. The van der Waals surface area contributed by atoms with Gasteiger partial charge in [0.2, 0.25) is 5.28 Å². The van der Waals surface area contributed by atoms with Crippen LogP contribution in [0.25, 0.3) is 11.2 Å². The lowest BCUT2D eigenvalue weighted by Crippen LogP contribution is -2.52. The molecule has 0 amide bonds. The Labute approximate surface area is 228 Å². The SMILES string of the molecule is C1CCOC1.CC.Cc1nc2c(N3CCN(C(C)c4ccc(C(F)(F)F)cc4)CC3C)nc(Cl)nc2n1C. The Bertz CT molecular complexity index is 1170. The van der Waals surface area contributed by atoms with E-state index in [2.05, 4.69) is 31.7 Å². The summed E-state index contributed by atoms with van der Waals surface area (Å²) in [6.45, 7) is 14.2. The smallest absolute Gasteiger partial charge is 0.381 e. The number of benzene rings is 1. The molecule has 2 unspecified atom stereocenters. The number of ether oxygens (including phenoxy) is 1. The maximum absolute atomic E-state index is 12.9. The number of aryl methyl sites for hydroxylation is 2. The molecule has 2 fully saturated rings. The van der Waals surface area contributed by atoms with Gasteiger partial charge in [-0.2, -0.15) is 23.1 Å². The van der Waals surface area contributed by atoms with Crippen molar-refractivity contribution >= 4 is 28.6 Å². The van der Waals surface area contributed by atoms with Crippen LogP contribution in [0.2, 0.25) is 5.28 Å². The lowest BCUT2D eigenvalue weighted by molar-refractivity contribution is -0.137. The molecule has 7 nitrogen and oxygen atoms in total. The lowest BCUT2D eigenvalue weighted by atomic mass is 10.0. The molecule has 0 spiro atoms. The Hall–Kier alpha value is -2.43. The van der Waals surface area contributed by atoms with Crippen molar-refractivity contribution in [1.82, 2.24) is 24.4 Å². The first-order valence-electron chi connectivity index (χ1n) is 13.2. The minimum atomic E-state index is -4.32. The van der Waals surface area contributed by atoms with E-state index in [9.17, 15) is 13.2 Å². The number of anilines is 1. The molecule has 38 heavy (non-hydrogen) atoms. The number of aromatic nitrogens is 4. The Kier molecular flexibility index (Phi) is 10.4. The predicted octanol–water partition coefficient (Wildman–Crippen LogP) is 6.44. The zero-order valence-electron chi connectivity index (χ0n) is 23.0. The molecule has 2 aliphatic rings. The number of nitrogens with zero attached hydrogens (tertiary/aromatic N) is 6. The second-order valence-electron chi connectivity index (χ2n) is 9.36. The van der Waals surface area contributed by atoms with Crippen LogP contribution in [-0.2, 0) is 18.0 Å². The average Bonchev–Trinajstić information content (AvgIpc) is 3.57. The number of imidazole rings is 1. The number of halogens is 4. The summed E-state index contributed by atoms with van der Waals surface area (Å²) in [4.78, 5) is 17.9. The zero-order valence-corrected chi connectivity index (χ0v) is 23.8. The monoisotopic (exact) mass is 554 g/mol. The van der Waals surface area contributed by atoms with Crippen molar-refractivity contribution in [3.8, 4) is 0 Å². The van der Waals surface area contributed by atoms with E-state index < -0.39 is 11.7 Å². The topological polar surface area (TPSA) is 59.3 Å². The number of hydrogen-bond donors (Lipinski definition) is 0. The molecule has 0 N–H and O–H groups in total. The van der Waals surface area contributed by atoms with E-state index in [4.69, 9.17) is 16.3 Å². The van der Waals surface area contributed by atoms with Crippen molar-refractivity contribution in [2.45, 2.75) is 65.7 Å². The van der Waals surface area contributed by atoms with E-state index in [0.717, 1.165) is 55.3 Å². The Morgan fingerprint density at radius 2 is 1.66 bits per heavy atom. The molecular formula is C27H38ClF3N6O. The summed E-state index contributed by atoms with van der Waals surface area (Å²) >= 11 is 6.20. The summed E-state index contributed by atoms with van der Waals surface area (Å²) in [6, 6.07) is 5.53. The molecule has 0 aliphatic carbocycles. The minimum absolute atomic E-state index is 0.00187. The molecule has 4 heterocycles. The van der Waals surface area contributed by atoms with E-state index in [1.807, 2.05) is 39.3 Å². The molecule has 11 heteroatoms. The number of alkyl halides is 3. The van der Waals surface area contributed by atoms with Crippen LogP contribution < -0.4 is 4.90 Å². The molecule has 2 saturated heterocycles. The summed E-state index contributed by atoms with van der Waals surface area (Å²) < 4.78 is 45.4. The highest BCUT2D eigenvalue weighted by Crippen LogP contribution is 2.33. The van der Waals surface area contributed by atoms with Crippen molar-refractivity contribution in [2.24, 2.45) is 7.05 Å². The summed E-state index contributed by atoms with van der Waals surface area (Å²) in [5, 5.41) is 0.179. The van der Waals surface area contributed by atoms with Gasteiger partial charge in [0.25, 0.3) is 0 Å². The molecule has 2 atom stereocenters. The maximum Gasteiger partial charge on any atom is 0.416 e. The fraction of sp³-hybridized carbons (Fsp3) is 0.593. The van der Waals surface area contributed by atoms with Crippen LogP contribution in [0.4, 0.5) is 19.0 Å². The van der Waals surface area contributed by atoms with E-state index >= 15 is 0 Å². The van der Waals surface area contributed by atoms with E-state index in [1.54, 1.807) is 12.1 Å². The van der Waals surface area contributed by atoms with Gasteiger partial charge in [0.15, 0.2) is 17.0 Å². The lowest BCUT2D eigenvalue weighted by Gasteiger charge is -2.43. The number of piperazine rings is 1. The first-order valence-corrected chi connectivity index (χ1v) is 13.6. The summed E-state index contributed by atoms with van der Waals surface area (Å²) in [6.07, 6.45) is -1.77. The van der Waals surface area contributed by atoms with Crippen molar-refractivity contribution in [3.63, 3.8) is 0 Å². The van der Waals surface area contributed by atoms with Gasteiger partial charge >= 0.3 is 6.18 Å². The van der Waals surface area contributed by atoms with Gasteiger partial charge in [0.1, 0.15) is 5.82 Å². The van der Waals surface area contributed by atoms with Gasteiger partial charge in [-0.05, 0) is 62.9 Å². The van der Waals surface area contributed by atoms with Crippen molar-refractivity contribution in [2.75, 3.05) is 37.7 Å². The van der Waals surface area contributed by atoms with Crippen LogP contribution in [0.5, 0.6) is 0 Å². The molecule has 0 saturated carbocycles. The van der Waals surface area contributed by atoms with Crippen LogP contribution in [0, 0.1) is 6.92 Å². The van der Waals surface area contributed by atoms with Gasteiger partial charge in [-0.25, -0.2) is 4.98 Å². The molecule has 3 aromatic rings. The van der Waals surface area contributed by atoms with Crippen LogP contribution in [0.3, 0.4) is 0 Å². The van der Waals surface area contributed by atoms with E-state index in [-0.39, 0.29) is 17.4 Å². The third-order valence-corrected chi connectivity index (χ3v) is 7.09. The molecule has 1 aromatic carbocycles. The second-order valence-corrected chi connectivity index (χ2v) is 9.70. The first-order chi connectivity index (χ1) is 18.1. The Morgan fingerprint density at radius 1 is 1.03 bits per heavy atom. The highest BCUT2D eigenvalue weighted by Gasteiger charge is 2.32. The Morgan fingerprint density at radius 3 is 2.18 bits per heavy atom. The van der Waals surface area contributed by atoms with Crippen molar-refractivity contribution in [1.29, 1.82) is 0 Å². The van der Waals surface area contributed by atoms with E-state index in [1.165, 1.54) is 12.8 Å². The first kappa shape index (κ1) is 30.1. The molecule has 2 aromatic heterocycles. The fourth-order valence-electron chi connectivity index (χ4n) is 4.65. The van der Waals surface area contributed by atoms with E-state index in [0.29, 0.717) is 18.0 Å². The minimum Gasteiger partial charge on any atom is -0.381 e. The normalized spacial score (nSPS) is 19.0. The molecule has 2 aliphatic heterocycles. The highest BCUT2D eigenvalue weighted by molar-refractivity contribution is 6.28. The zero-order chi connectivity index (χ0) is 28.0. The third-order valence-electron chi connectivity index (χ3n) is 6.92. The van der Waals surface area contributed by atoms with Gasteiger partial charge in [-0.1, -0.05) is 26.0 Å². The van der Waals surface area contributed by atoms with Gasteiger partial charge in [0, 0.05) is 52.0 Å². The van der Waals surface area contributed by atoms with Crippen LogP contribution in [-0.4, -0.2) is 63.3 Å². The van der Waals surface area contributed by atoms with Gasteiger partial charge in [-0.3, -0.25) is 4.90 Å². The predicted molar refractivity (Wildman–Crippen MR) is 146 cm³/mol. The molecule has 5 rings (SSSR count). The van der Waals surface area contributed by atoms with Gasteiger partial charge < -0.3 is 14.2 Å². The van der Waals surface area contributed by atoms with Crippen molar-refractivity contribution < 1.29 is 17.9 Å². The fourth-order valence-corrected chi connectivity index (χ4v) is 4.81. The molecule has 0 bridgehead atoms. The maximum atomic E-state index is 12.9. The summed E-state index contributed by atoms with van der Waals surface area (Å²) in [5.74, 6) is 1.54. The standard InChI is InChI=1S/C21H24ClF3N6.C4H8O.C2H6/c1-12-11-30(13(2)15-5-7-16(8-6-15)21(23,24)25)9-10-31(12)19-17-18(27-20(22)28-19)29(4)14(3)26-17;1-2-4-5-3-1;1-2/h5-8,12-13H,9-11H2,1-4H3;1-4H2;1-2H3. The van der Waals surface area contributed by atoms with Crippen molar-refractivity contribution in [3.05, 3.63) is 46.5 Å². The molecule has 0 radical (unpaired) electrons. The number of rotatable bonds is 3. The molecular weight excluding hydrogens is 517 g/mol. The summed E-state index contributed by atoms with van der Waals surface area (Å²) in [5.41, 5.74) is 1.65. The molecule has 210 valence electrons. The number of fused-ring (bicyclic) bond motifs is 1. The Balaban J connectivity index is 0.000000504. The summed E-state index contributed by atoms with van der Waals surface area (Å²) in [7, 11) is 1.89. The third kappa shape index (κ3) is 6.95. The highest BCUT2D eigenvalue weighted by atomic mass is 35.5. The largest absolute Gasteiger partial charge is 0.416 e. The number of hydrogen-bond acceptors (Lipinski definition) is 6. The van der Waals surface area contributed by atoms with Crippen LogP contribution in [0.1, 0.15) is 63.5 Å². The van der Waals surface area contributed by atoms with Gasteiger partial charge in [0.05, 0.1) is 5.56 Å². The second kappa shape index (κ2) is 13.1. The van der Waals surface area contributed by atoms with Gasteiger partial charge in [-0.15, -0.1) is 0 Å². The quantitative estimate of drug-likeness (QED) is 0.347.